The summed E-state index contributed by atoms with van der Waals surface area (Å²) in [4.78, 5) is 6.65. The number of alkyl halides is 3. The largest absolute Gasteiger partial charge is 0.433 e. The van der Waals surface area contributed by atoms with E-state index < -0.39 is 17.2 Å². The smallest absolute Gasteiger partial charge is 0.428 e. The zero-order valence-corrected chi connectivity index (χ0v) is 9.60. The Kier molecular flexibility index (Phi) is 3.21. The molecule has 2 rings (SSSR count). The standard InChI is InChI=1S/C9H4ClF3N2OS/c10-8-14-5(9(11,12)13)4-6(15-8)16-7-2-1-3-17-7/h1-4H. The second-order valence-electron chi connectivity index (χ2n) is 2.89. The molecular formula is C9H4ClF3N2OS. The highest BCUT2D eigenvalue weighted by atomic mass is 35.5. The number of hydrogen-bond acceptors (Lipinski definition) is 4. The molecule has 0 aromatic carbocycles. The summed E-state index contributed by atoms with van der Waals surface area (Å²) < 4.78 is 42.4. The summed E-state index contributed by atoms with van der Waals surface area (Å²) >= 11 is 6.63. The van der Waals surface area contributed by atoms with Gasteiger partial charge in [0.05, 0.1) is 0 Å². The SMILES string of the molecule is FC(F)(F)c1cc(Oc2cccs2)nc(Cl)n1. The number of thiophene rings is 1. The first-order valence-corrected chi connectivity index (χ1v) is 5.54. The van der Waals surface area contributed by atoms with Crippen LogP contribution in [-0.4, -0.2) is 9.97 Å². The summed E-state index contributed by atoms with van der Waals surface area (Å²) in [6.45, 7) is 0. The van der Waals surface area contributed by atoms with Gasteiger partial charge < -0.3 is 4.74 Å². The molecular weight excluding hydrogens is 277 g/mol. The van der Waals surface area contributed by atoms with E-state index in [1.165, 1.54) is 11.3 Å². The molecule has 90 valence electrons. The van der Waals surface area contributed by atoms with Crippen LogP contribution in [0.3, 0.4) is 0 Å². The van der Waals surface area contributed by atoms with Crippen LogP contribution in [0.15, 0.2) is 23.6 Å². The van der Waals surface area contributed by atoms with E-state index in [-0.39, 0.29) is 5.88 Å². The molecule has 0 saturated carbocycles. The van der Waals surface area contributed by atoms with Gasteiger partial charge in [-0.25, -0.2) is 4.98 Å². The van der Waals surface area contributed by atoms with Crippen molar-refractivity contribution in [3.63, 3.8) is 0 Å². The van der Waals surface area contributed by atoms with E-state index in [0.717, 1.165) is 0 Å². The van der Waals surface area contributed by atoms with Crippen LogP contribution in [0.1, 0.15) is 5.69 Å². The van der Waals surface area contributed by atoms with Gasteiger partial charge in [0.15, 0.2) is 10.8 Å². The molecule has 0 spiro atoms. The van der Waals surface area contributed by atoms with Gasteiger partial charge in [0.2, 0.25) is 11.2 Å². The van der Waals surface area contributed by atoms with Gasteiger partial charge in [0.1, 0.15) is 0 Å². The predicted molar refractivity (Wildman–Crippen MR) is 56.4 cm³/mol. The summed E-state index contributed by atoms with van der Waals surface area (Å²) in [7, 11) is 0. The van der Waals surface area contributed by atoms with Crippen LogP contribution in [0.2, 0.25) is 5.28 Å². The normalized spacial score (nSPS) is 11.5. The molecule has 0 amide bonds. The summed E-state index contributed by atoms with van der Waals surface area (Å²) in [5.74, 6) is -0.236. The zero-order valence-electron chi connectivity index (χ0n) is 8.03. The van der Waals surface area contributed by atoms with E-state index in [2.05, 4.69) is 9.97 Å². The first-order valence-electron chi connectivity index (χ1n) is 4.28. The quantitative estimate of drug-likeness (QED) is 0.780. The van der Waals surface area contributed by atoms with E-state index >= 15 is 0 Å². The minimum atomic E-state index is -4.58. The van der Waals surface area contributed by atoms with E-state index in [4.69, 9.17) is 16.3 Å². The maximum absolute atomic E-state index is 12.4. The van der Waals surface area contributed by atoms with Crippen LogP contribution in [-0.2, 0) is 6.18 Å². The fourth-order valence-corrected chi connectivity index (χ4v) is 1.78. The molecule has 0 radical (unpaired) electrons. The molecule has 2 heterocycles. The molecule has 0 aliphatic rings. The second-order valence-corrected chi connectivity index (χ2v) is 4.14. The van der Waals surface area contributed by atoms with Gasteiger partial charge in [-0.2, -0.15) is 18.2 Å². The highest BCUT2D eigenvalue weighted by molar-refractivity contribution is 7.11. The number of ether oxygens (including phenoxy) is 1. The monoisotopic (exact) mass is 280 g/mol. The average molecular weight is 281 g/mol. The number of hydrogen-bond donors (Lipinski definition) is 0. The van der Waals surface area contributed by atoms with Crippen molar-refractivity contribution in [2.24, 2.45) is 0 Å². The van der Waals surface area contributed by atoms with Crippen LogP contribution in [0.5, 0.6) is 10.9 Å². The summed E-state index contributed by atoms with van der Waals surface area (Å²) in [6, 6.07) is 4.01. The molecule has 0 saturated heterocycles. The lowest BCUT2D eigenvalue weighted by Gasteiger charge is -2.07. The van der Waals surface area contributed by atoms with Crippen molar-refractivity contribution >= 4 is 22.9 Å². The third kappa shape index (κ3) is 3.07. The van der Waals surface area contributed by atoms with E-state index in [9.17, 15) is 13.2 Å². The fraction of sp³-hybridized carbons (Fsp3) is 0.111. The lowest BCUT2D eigenvalue weighted by molar-refractivity contribution is -0.141. The Hall–Kier alpha value is -1.34. The van der Waals surface area contributed by atoms with Crippen molar-refractivity contribution in [2.75, 3.05) is 0 Å². The molecule has 2 aromatic heterocycles. The van der Waals surface area contributed by atoms with E-state index in [1.807, 2.05) is 0 Å². The third-order valence-corrected chi connectivity index (χ3v) is 2.58. The molecule has 0 bridgehead atoms. The van der Waals surface area contributed by atoms with Crippen molar-refractivity contribution in [3.05, 3.63) is 34.6 Å². The minimum absolute atomic E-state index is 0.236. The van der Waals surface area contributed by atoms with Gasteiger partial charge in [-0.05, 0) is 29.1 Å². The van der Waals surface area contributed by atoms with E-state index in [1.54, 1.807) is 17.5 Å². The Morgan fingerprint density at radius 2 is 2.06 bits per heavy atom. The Morgan fingerprint density at radius 1 is 1.29 bits per heavy atom. The van der Waals surface area contributed by atoms with Crippen LogP contribution >= 0.6 is 22.9 Å². The van der Waals surface area contributed by atoms with Gasteiger partial charge in [0.25, 0.3) is 0 Å². The number of aromatic nitrogens is 2. The van der Waals surface area contributed by atoms with Crippen LogP contribution < -0.4 is 4.74 Å². The Labute approximate surface area is 103 Å². The lowest BCUT2D eigenvalue weighted by Crippen LogP contribution is -2.09. The summed E-state index contributed by atoms with van der Waals surface area (Å²) in [6.07, 6.45) is -4.58. The van der Waals surface area contributed by atoms with Crippen LogP contribution in [0.4, 0.5) is 13.2 Å². The highest BCUT2D eigenvalue weighted by Gasteiger charge is 2.34. The third-order valence-electron chi connectivity index (χ3n) is 1.67. The molecule has 17 heavy (non-hydrogen) atoms. The van der Waals surface area contributed by atoms with Crippen molar-refractivity contribution in [3.8, 4) is 10.9 Å². The Bertz CT molecular complexity index is 515. The molecule has 2 aromatic rings. The molecule has 3 nitrogen and oxygen atoms in total. The summed E-state index contributed by atoms with van der Waals surface area (Å²) in [5.41, 5.74) is -1.14. The number of rotatable bonds is 2. The molecule has 0 unspecified atom stereocenters. The predicted octanol–water partition coefficient (Wildman–Crippen LogP) is 4.00. The molecule has 0 fully saturated rings. The number of nitrogens with zero attached hydrogens (tertiary/aromatic N) is 2. The maximum Gasteiger partial charge on any atom is 0.433 e. The van der Waals surface area contributed by atoms with Gasteiger partial charge in [-0.3, -0.25) is 0 Å². The lowest BCUT2D eigenvalue weighted by atomic mass is 10.4. The van der Waals surface area contributed by atoms with Crippen molar-refractivity contribution in [1.29, 1.82) is 0 Å². The maximum atomic E-state index is 12.4. The van der Waals surface area contributed by atoms with Crippen molar-refractivity contribution in [2.45, 2.75) is 6.18 Å². The Morgan fingerprint density at radius 3 is 2.65 bits per heavy atom. The van der Waals surface area contributed by atoms with Crippen LogP contribution in [0.25, 0.3) is 0 Å². The van der Waals surface area contributed by atoms with Gasteiger partial charge in [0, 0.05) is 6.07 Å². The molecule has 0 N–H and O–H groups in total. The minimum Gasteiger partial charge on any atom is -0.428 e. The molecule has 8 heteroatoms. The number of halogens is 4. The average Bonchev–Trinajstić information content (AvgIpc) is 2.68. The highest BCUT2D eigenvalue weighted by Crippen LogP contribution is 2.32. The van der Waals surface area contributed by atoms with Crippen molar-refractivity contribution < 1.29 is 17.9 Å². The first-order chi connectivity index (χ1) is 7.95. The van der Waals surface area contributed by atoms with Crippen LogP contribution in [0, 0.1) is 0 Å². The van der Waals surface area contributed by atoms with Crippen molar-refractivity contribution in [1.82, 2.24) is 9.97 Å². The molecule has 0 aliphatic carbocycles. The Balaban J connectivity index is 2.32. The summed E-state index contributed by atoms with van der Waals surface area (Å²) in [5, 5.41) is 1.64. The zero-order chi connectivity index (χ0) is 12.5. The topological polar surface area (TPSA) is 35.0 Å². The molecule has 0 atom stereocenters. The first kappa shape index (κ1) is 12.1. The fourth-order valence-electron chi connectivity index (χ4n) is 1.02. The van der Waals surface area contributed by atoms with Gasteiger partial charge in [-0.15, -0.1) is 11.3 Å². The van der Waals surface area contributed by atoms with Gasteiger partial charge in [-0.1, -0.05) is 0 Å². The molecule has 0 aliphatic heterocycles. The second kappa shape index (κ2) is 4.50. The van der Waals surface area contributed by atoms with Gasteiger partial charge >= 0.3 is 6.18 Å². The van der Waals surface area contributed by atoms with E-state index in [0.29, 0.717) is 11.1 Å².